The van der Waals surface area contributed by atoms with Gasteiger partial charge in [-0.1, -0.05) is 11.8 Å². The van der Waals surface area contributed by atoms with Crippen LogP contribution in [0.4, 0.5) is 10.5 Å². The Bertz CT molecular complexity index is 645. The monoisotopic (exact) mass is 336 g/mol. The topological polar surface area (TPSA) is 123 Å². The van der Waals surface area contributed by atoms with E-state index in [-0.39, 0.29) is 12.3 Å². The zero-order chi connectivity index (χ0) is 16.8. The smallest absolute Gasteiger partial charge is 0.318 e. The number of thioether (sulfide) groups is 1. The minimum Gasteiger partial charge on any atom is -0.494 e. The van der Waals surface area contributed by atoms with Gasteiger partial charge in [0.25, 0.3) is 0 Å². The van der Waals surface area contributed by atoms with Gasteiger partial charge >= 0.3 is 6.03 Å². The fraction of sp³-hybridized carbons (Fsp3) is 0.286. The van der Waals surface area contributed by atoms with E-state index in [9.17, 15) is 14.4 Å². The van der Waals surface area contributed by atoms with E-state index in [1.807, 2.05) is 12.2 Å². The van der Waals surface area contributed by atoms with Crippen LogP contribution in [0.25, 0.3) is 0 Å². The summed E-state index contributed by atoms with van der Waals surface area (Å²) >= 11 is 1.13. The molecule has 8 nitrogen and oxygen atoms in total. The van der Waals surface area contributed by atoms with Crippen LogP contribution < -0.4 is 21.1 Å². The summed E-state index contributed by atoms with van der Waals surface area (Å²) in [6.45, 7) is 2.47. The van der Waals surface area contributed by atoms with Crippen molar-refractivity contribution in [1.29, 1.82) is 0 Å². The summed E-state index contributed by atoms with van der Waals surface area (Å²) in [5.41, 5.74) is 5.50. The van der Waals surface area contributed by atoms with Crippen molar-refractivity contribution in [3.05, 3.63) is 24.3 Å². The van der Waals surface area contributed by atoms with Gasteiger partial charge in [0.2, 0.25) is 11.8 Å². The zero-order valence-electron chi connectivity index (χ0n) is 12.4. The number of nitrogens with zero attached hydrogens (tertiary/aromatic N) is 1. The van der Waals surface area contributed by atoms with E-state index in [1.54, 1.807) is 24.3 Å². The molecule has 2 rings (SSSR count). The average molecular weight is 336 g/mol. The number of aliphatic imine (C=N–C) groups is 1. The molecule has 23 heavy (non-hydrogen) atoms. The highest BCUT2D eigenvalue weighted by Crippen LogP contribution is 2.26. The number of primary amides is 1. The van der Waals surface area contributed by atoms with Gasteiger partial charge in [-0.15, -0.1) is 0 Å². The van der Waals surface area contributed by atoms with Crippen molar-refractivity contribution < 1.29 is 19.1 Å². The second-order valence-corrected chi connectivity index (χ2v) is 5.75. The maximum absolute atomic E-state index is 11.8. The Morgan fingerprint density at radius 2 is 2.09 bits per heavy atom. The molecular weight excluding hydrogens is 320 g/mol. The average Bonchev–Trinajstić information content (AvgIpc) is 2.80. The molecule has 1 aromatic carbocycles. The maximum Gasteiger partial charge on any atom is 0.318 e. The van der Waals surface area contributed by atoms with Crippen LogP contribution in [-0.2, 0) is 9.59 Å². The normalized spacial score (nSPS) is 18.6. The number of hydrogen-bond acceptors (Lipinski definition) is 6. The second-order valence-electron chi connectivity index (χ2n) is 4.56. The Labute approximate surface area is 136 Å². The molecule has 122 valence electrons. The summed E-state index contributed by atoms with van der Waals surface area (Å²) in [5.74, 6) is -0.202. The Morgan fingerprint density at radius 3 is 2.70 bits per heavy atom. The lowest BCUT2D eigenvalue weighted by atomic mass is 10.3. The molecule has 0 spiro atoms. The zero-order valence-corrected chi connectivity index (χ0v) is 13.2. The van der Waals surface area contributed by atoms with Crippen LogP contribution in [-0.4, -0.2) is 34.9 Å². The number of amidine groups is 1. The van der Waals surface area contributed by atoms with Crippen molar-refractivity contribution >= 4 is 40.5 Å². The summed E-state index contributed by atoms with van der Waals surface area (Å²) in [6, 6.07) is 6.14. The van der Waals surface area contributed by atoms with E-state index in [2.05, 4.69) is 10.3 Å². The third-order valence-electron chi connectivity index (χ3n) is 2.79. The molecule has 4 N–H and O–H groups in total. The highest BCUT2D eigenvalue weighted by atomic mass is 32.2. The molecule has 1 aromatic rings. The second kappa shape index (κ2) is 7.63. The number of urea groups is 1. The molecule has 1 heterocycles. The predicted molar refractivity (Wildman–Crippen MR) is 86.6 cm³/mol. The van der Waals surface area contributed by atoms with Gasteiger partial charge in [-0.2, -0.15) is 0 Å². The molecule has 0 radical (unpaired) electrons. The van der Waals surface area contributed by atoms with Crippen molar-refractivity contribution in [1.82, 2.24) is 10.6 Å². The van der Waals surface area contributed by atoms with Crippen molar-refractivity contribution in [2.45, 2.75) is 18.6 Å². The number of carbonyl (C=O) groups excluding carboxylic acids is 3. The first kappa shape index (κ1) is 16.8. The van der Waals surface area contributed by atoms with Gasteiger partial charge in [0.15, 0.2) is 5.17 Å². The summed E-state index contributed by atoms with van der Waals surface area (Å²) < 4.78 is 5.33. The van der Waals surface area contributed by atoms with Crippen LogP contribution in [0.1, 0.15) is 13.3 Å². The predicted octanol–water partition coefficient (Wildman–Crippen LogP) is 0.889. The first-order valence-electron chi connectivity index (χ1n) is 6.86. The lowest BCUT2D eigenvalue weighted by Crippen LogP contribution is -2.37. The van der Waals surface area contributed by atoms with E-state index in [1.165, 1.54) is 0 Å². The Kier molecular flexibility index (Phi) is 5.58. The highest BCUT2D eigenvalue weighted by Gasteiger charge is 2.32. The fourth-order valence-electron chi connectivity index (χ4n) is 1.85. The lowest BCUT2D eigenvalue weighted by molar-refractivity contribution is -0.124. The standard InChI is InChI=1S/C14H16N4O4S/c1-2-22-9-5-3-8(4-6-9)16-14-18-12(20)10(23-14)7-11(19)17-13(15)21/h3-6,10H,2,7H2,1H3,(H,16,18,20)(H3,15,17,19,21)/t10-/m0/s1. The third kappa shape index (κ3) is 4.99. The summed E-state index contributed by atoms with van der Waals surface area (Å²) in [7, 11) is 0. The number of nitrogens with two attached hydrogens (primary N) is 1. The number of benzene rings is 1. The van der Waals surface area contributed by atoms with Crippen LogP contribution in [0, 0.1) is 0 Å². The highest BCUT2D eigenvalue weighted by molar-refractivity contribution is 8.15. The quantitative estimate of drug-likeness (QED) is 0.737. The van der Waals surface area contributed by atoms with Crippen molar-refractivity contribution in [3.8, 4) is 5.75 Å². The van der Waals surface area contributed by atoms with Gasteiger partial charge in [0.05, 0.1) is 12.3 Å². The van der Waals surface area contributed by atoms with Crippen LogP contribution in [0.3, 0.4) is 0 Å². The number of ether oxygens (including phenoxy) is 1. The number of carbonyl (C=O) groups is 3. The number of rotatable bonds is 5. The lowest BCUT2D eigenvalue weighted by Gasteiger charge is -2.04. The molecule has 1 aliphatic heterocycles. The van der Waals surface area contributed by atoms with Gasteiger partial charge in [-0.3, -0.25) is 14.9 Å². The molecule has 9 heteroatoms. The molecule has 1 fully saturated rings. The Hall–Kier alpha value is -2.55. The van der Waals surface area contributed by atoms with Gasteiger partial charge in [-0.05, 0) is 31.2 Å². The molecule has 0 aromatic heterocycles. The Balaban J connectivity index is 1.98. The minimum atomic E-state index is -0.943. The van der Waals surface area contributed by atoms with E-state index in [0.29, 0.717) is 17.5 Å². The molecule has 0 bridgehead atoms. The summed E-state index contributed by atoms with van der Waals surface area (Å²) in [4.78, 5) is 38.2. The number of imide groups is 1. The molecular formula is C14H16N4O4S. The summed E-state index contributed by atoms with van der Waals surface area (Å²) in [6.07, 6.45) is -0.151. The maximum atomic E-state index is 11.8. The molecule has 1 atom stereocenters. The van der Waals surface area contributed by atoms with Crippen molar-refractivity contribution in [2.75, 3.05) is 6.61 Å². The largest absolute Gasteiger partial charge is 0.494 e. The third-order valence-corrected chi connectivity index (χ3v) is 3.87. The molecule has 1 saturated heterocycles. The van der Waals surface area contributed by atoms with Gasteiger partial charge in [0.1, 0.15) is 11.0 Å². The molecule has 0 saturated carbocycles. The first-order valence-corrected chi connectivity index (χ1v) is 7.74. The number of hydrogen-bond donors (Lipinski definition) is 3. The van der Waals surface area contributed by atoms with Gasteiger partial charge in [0, 0.05) is 6.42 Å². The molecule has 0 unspecified atom stereocenters. The molecule has 4 amide bonds. The van der Waals surface area contributed by atoms with E-state index >= 15 is 0 Å². The Morgan fingerprint density at radius 1 is 1.39 bits per heavy atom. The SMILES string of the molecule is CCOc1ccc(N=C2NC(=O)[C@H](CC(=O)NC(N)=O)S2)cc1. The van der Waals surface area contributed by atoms with E-state index in [0.717, 1.165) is 17.5 Å². The molecule has 1 aliphatic rings. The van der Waals surface area contributed by atoms with Gasteiger partial charge < -0.3 is 15.8 Å². The van der Waals surface area contributed by atoms with Crippen LogP contribution in [0.15, 0.2) is 29.3 Å². The number of amides is 4. The van der Waals surface area contributed by atoms with Crippen LogP contribution >= 0.6 is 11.8 Å². The first-order chi connectivity index (χ1) is 11.0. The summed E-state index contributed by atoms with van der Waals surface area (Å²) in [5, 5.41) is 4.28. The van der Waals surface area contributed by atoms with Gasteiger partial charge in [-0.25, -0.2) is 9.79 Å². The van der Waals surface area contributed by atoms with E-state index in [4.69, 9.17) is 10.5 Å². The fourth-order valence-corrected chi connectivity index (χ4v) is 2.84. The number of nitrogens with one attached hydrogen (secondary N) is 2. The van der Waals surface area contributed by atoms with E-state index < -0.39 is 17.2 Å². The van der Waals surface area contributed by atoms with Crippen molar-refractivity contribution in [2.24, 2.45) is 10.7 Å². The van der Waals surface area contributed by atoms with Crippen LogP contribution in [0.2, 0.25) is 0 Å². The van der Waals surface area contributed by atoms with Crippen molar-refractivity contribution in [3.63, 3.8) is 0 Å². The molecule has 0 aliphatic carbocycles. The van der Waals surface area contributed by atoms with Crippen LogP contribution in [0.5, 0.6) is 5.75 Å². The minimum absolute atomic E-state index is 0.151.